The van der Waals surface area contributed by atoms with E-state index >= 15 is 0 Å². The molecule has 1 aromatic rings. The number of carbonyl (C=O) groups is 1. The zero-order valence-corrected chi connectivity index (χ0v) is 11.7. The summed E-state index contributed by atoms with van der Waals surface area (Å²) < 4.78 is 10.7. The molecule has 2 rings (SSSR count). The van der Waals surface area contributed by atoms with Crippen molar-refractivity contribution in [2.75, 3.05) is 19.8 Å². The number of aryl methyl sites for hydroxylation is 1. The summed E-state index contributed by atoms with van der Waals surface area (Å²) in [4.78, 5) is 11.8. The van der Waals surface area contributed by atoms with Crippen LogP contribution < -0.4 is 10.1 Å². The molecular formula is C14H18ClNO3. The van der Waals surface area contributed by atoms with Crippen LogP contribution in [0.1, 0.15) is 18.4 Å². The smallest absolute Gasteiger partial charge is 0.258 e. The van der Waals surface area contributed by atoms with Crippen molar-refractivity contribution in [2.24, 2.45) is 0 Å². The van der Waals surface area contributed by atoms with E-state index in [1.807, 2.05) is 13.0 Å². The van der Waals surface area contributed by atoms with Gasteiger partial charge in [0.05, 0.1) is 0 Å². The Morgan fingerprint density at radius 3 is 2.95 bits per heavy atom. The van der Waals surface area contributed by atoms with Crippen LogP contribution in [0.15, 0.2) is 18.2 Å². The number of amides is 1. The molecule has 1 amide bonds. The first-order chi connectivity index (χ1) is 9.15. The second kappa shape index (κ2) is 6.78. The van der Waals surface area contributed by atoms with E-state index in [0.717, 1.165) is 18.4 Å². The van der Waals surface area contributed by atoms with Crippen LogP contribution in [0.3, 0.4) is 0 Å². The number of carbonyl (C=O) groups excluding carboxylic acids is 1. The van der Waals surface area contributed by atoms with Crippen molar-refractivity contribution in [1.82, 2.24) is 5.32 Å². The van der Waals surface area contributed by atoms with Crippen LogP contribution in [0.2, 0.25) is 5.02 Å². The lowest BCUT2D eigenvalue weighted by atomic mass is 10.1. The molecule has 0 saturated carbocycles. The predicted molar refractivity (Wildman–Crippen MR) is 73.7 cm³/mol. The van der Waals surface area contributed by atoms with E-state index in [1.54, 1.807) is 12.1 Å². The molecule has 0 bridgehead atoms. The standard InChI is InChI=1S/C14H18ClNO3/c1-10-2-3-11(15)8-13(10)19-9-14(17)16-12-4-6-18-7-5-12/h2-3,8,12H,4-7,9H2,1H3,(H,16,17). The van der Waals surface area contributed by atoms with Crippen LogP contribution in [0, 0.1) is 6.92 Å². The Bertz CT molecular complexity index is 444. The quantitative estimate of drug-likeness (QED) is 0.922. The van der Waals surface area contributed by atoms with Crippen molar-refractivity contribution in [3.63, 3.8) is 0 Å². The van der Waals surface area contributed by atoms with Gasteiger partial charge in [-0.1, -0.05) is 17.7 Å². The van der Waals surface area contributed by atoms with Crippen LogP contribution in [-0.4, -0.2) is 31.8 Å². The molecule has 1 fully saturated rings. The van der Waals surface area contributed by atoms with Gasteiger partial charge in [0.25, 0.3) is 5.91 Å². The molecule has 1 heterocycles. The number of halogens is 1. The predicted octanol–water partition coefficient (Wildman–Crippen LogP) is 2.32. The maximum Gasteiger partial charge on any atom is 0.258 e. The molecule has 5 heteroatoms. The molecule has 0 aliphatic carbocycles. The fraction of sp³-hybridized carbons (Fsp3) is 0.500. The van der Waals surface area contributed by atoms with Gasteiger partial charge in [0.2, 0.25) is 0 Å². The Kier molecular flexibility index (Phi) is 5.05. The Morgan fingerprint density at radius 2 is 2.21 bits per heavy atom. The third-order valence-corrected chi connectivity index (χ3v) is 3.33. The van der Waals surface area contributed by atoms with Crippen LogP contribution >= 0.6 is 11.6 Å². The lowest BCUT2D eigenvalue weighted by Crippen LogP contribution is -2.41. The largest absolute Gasteiger partial charge is 0.483 e. The van der Waals surface area contributed by atoms with Crippen LogP contribution in [0.25, 0.3) is 0 Å². The summed E-state index contributed by atoms with van der Waals surface area (Å²) in [5.41, 5.74) is 0.961. The third-order valence-electron chi connectivity index (χ3n) is 3.10. The molecule has 19 heavy (non-hydrogen) atoms. The highest BCUT2D eigenvalue weighted by Gasteiger charge is 2.16. The van der Waals surface area contributed by atoms with Gasteiger partial charge in [0, 0.05) is 24.3 Å². The summed E-state index contributed by atoms with van der Waals surface area (Å²) in [6.07, 6.45) is 1.73. The molecule has 1 N–H and O–H groups in total. The van der Waals surface area contributed by atoms with Crippen molar-refractivity contribution in [2.45, 2.75) is 25.8 Å². The summed E-state index contributed by atoms with van der Waals surface area (Å²) >= 11 is 5.89. The average Bonchev–Trinajstić information content (AvgIpc) is 2.41. The van der Waals surface area contributed by atoms with Gasteiger partial charge in [0.1, 0.15) is 5.75 Å². The van der Waals surface area contributed by atoms with E-state index in [-0.39, 0.29) is 18.6 Å². The van der Waals surface area contributed by atoms with Gasteiger partial charge < -0.3 is 14.8 Å². The van der Waals surface area contributed by atoms with Gasteiger partial charge in [-0.05, 0) is 37.5 Å². The third kappa shape index (κ3) is 4.40. The number of benzene rings is 1. The molecule has 0 unspecified atom stereocenters. The fourth-order valence-electron chi connectivity index (χ4n) is 1.98. The summed E-state index contributed by atoms with van der Waals surface area (Å²) in [5, 5.41) is 3.55. The lowest BCUT2D eigenvalue weighted by molar-refractivity contribution is -0.124. The van der Waals surface area contributed by atoms with Gasteiger partial charge in [-0.25, -0.2) is 0 Å². The van der Waals surface area contributed by atoms with Crippen LogP contribution in [0.4, 0.5) is 0 Å². The van der Waals surface area contributed by atoms with E-state index < -0.39 is 0 Å². The first-order valence-electron chi connectivity index (χ1n) is 6.41. The molecular weight excluding hydrogens is 266 g/mol. The van der Waals surface area contributed by atoms with E-state index in [4.69, 9.17) is 21.1 Å². The Balaban J connectivity index is 1.81. The minimum Gasteiger partial charge on any atom is -0.483 e. The van der Waals surface area contributed by atoms with Crippen molar-refractivity contribution in [3.05, 3.63) is 28.8 Å². The zero-order valence-electron chi connectivity index (χ0n) is 10.9. The first kappa shape index (κ1) is 14.2. The number of nitrogens with one attached hydrogen (secondary N) is 1. The summed E-state index contributed by atoms with van der Waals surface area (Å²) in [7, 11) is 0. The number of hydrogen-bond acceptors (Lipinski definition) is 3. The summed E-state index contributed by atoms with van der Waals surface area (Å²) in [6, 6.07) is 5.59. The second-order valence-corrected chi connectivity index (χ2v) is 5.09. The van der Waals surface area contributed by atoms with E-state index in [0.29, 0.717) is 24.0 Å². The summed E-state index contributed by atoms with van der Waals surface area (Å²) in [6.45, 7) is 3.35. The monoisotopic (exact) mass is 283 g/mol. The maximum atomic E-state index is 11.8. The van der Waals surface area contributed by atoms with Gasteiger partial charge in [-0.15, -0.1) is 0 Å². The summed E-state index contributed by atoms with van der Waals surface area (Å²) in [5.74, 6) is 0.543. The SMILES string of the molecule is Cc1ccc(Cl)cc1OCC(=O)NC1CCOCC1. The van der Waals surface area contributed by atoms with E-state index in [9.17, 15) is 4.79 Å². The van der Waals surface area contributed by atoms with Gasteiger partial charge >= 0.3 is 0 Å². The number of ether oxygens (including phenoxy) is 2. The highest BCUT2D eigenvalue weighted by atomic mass is 35.5. The molecule has 0 aromatic heterocycles. The minimum absolute atomic E-state index is 0.0124. The van der Waals surface area contributed by atoms with E-state index in [1.165, 1.54) is 0 Å². The highest BCUT2D eigenvalue weighted by Crippen LogP contribution is 2.22. The maximum absolute atomic E-state index is 11.8. The molecule has 1 aliphatic rings. The van der Waals surface area contributed by atoms with E-state index in [2.05, 4.69) is 5.32 Å². The minimum atomic E-state index is -0.105. The molecule has 0 spiro atoms. The molecule has 0 atom stereocenters. The Labute approximate surface area is 118 Å². The van der Waals surface area contributed by atoms with Crippen molar-refractivity contribution in [3.8, 4) is 5.75 Å². The number of rotatable bonds is 4. The average molecular weight is 284 g/mol. The highest BCUT2D eigenvalue weighted by molar-refractivity contribution is 6.30. The molecule has 104 valence electrons. The number of hydrogen-bond donors (Lipinski definition) is 1. The Hall–Kier alpha value is -1.26. The first-order valence-corrected chi connectivity index (χ1v) is 6.79. The van der Waals surface area contributed by atoms with Gasteiger partial charge in [0.15, 0.2) is 6.61 Å². The normalized spacial score (nSPS) is 16.1. The molecule has 1 aliphatic heterocycles. The molecule has 1 saturated heterocycles. The molecule has 0 radical (unpaired) electrons. The lowest BCUT2D eigenvalue weighted by Gasteiger charge is -2.23. The fourth-order valence-corrected chi connectivity index (χ4v) is 2.15. The second-order valence-electron chi connectivity index (χ2n) is 4.65. The Morgan fingerprint density at radius 1 is 1.47 bits per heavy atom. The molecule has 4 nitrogen and oxygen atoms in total. The zero-order chi connectivity index (χ0) is 13.7. The van der Waals surface area contributed by atoms with Crippen molar-refractivity contribution >= 4 is 17.5 Å². The van der Waals surface area contributed by atoms with Crippen molar-refractivity contribution in [1.29, 1.82) is 0 Å². The topological polar surface area (TPSA) is 47.6 Å². The van der Waals surface area contributed by atoms with Crippen LogP contribution in [0.5, 0.6) is 5.75 Å². The van der Waals surface area contributed by atoms with Crippen molar-refractivity contribution < 1.29 is 14.3 Å². The van der Waals surface area contributed by atoms with Gasteiger partial charge in [-0.3, -0.25) is 4.79 Å². The van der Waals surface area contributed by atoms with Crippen LogP contribution in [-0.2, 0) is 9.53 Å². The molecule has 1 aromatic carbocycles. The van der Waals surface area contributed by atoms with Gasteiger partial charge in [-0.2, -0.15) is 0 Å².